The topological polar surface area (TPSA) is 90.2 Å². The Morgan fingerprint density at radius 1 is 1.24 bits per heavy atom. The molecule has 2 rings (SSSR count). The Morgan fingerprint density at radius 2 is 1.90 bits per heavy atom. The van der Waals surface area contributed by atoms with Gasteiger partial charge in [0.1, 0.15) is 0 Å². The molecule has 1 aromatic carbocycles. The highest BCUT2D eigenvalue weighted by Gasteiger charge is 2.28. The maximum Gasteiger partial charge on any atom is 0.240 e. The van der Waals surface area contributed by atoms with Crippen LogP contribution in [0.4, 0.5) is 0 Å². The third kappa shape index (κ3) is 4.03. The number of rotatable bonds is 5. The van der Waals surface area contributed by atoms with Gasteiger partial charge in [-0.15, -0.1) is 0 Å². The van der Waals surface area contributed by atoms with E-state index in [9.17, 15) is 13.5 Å². The van der Waals surface area contributed by atoms with E-state index in [4.69, 9.17) is 5.26 Å². The van der Waals surface area contributed by atoms with E-state index in [-0.39, 0.29) is 29.9 Å². The lowest BCUT2D eigenvalue weighted by Gasteiger charge is -2.30. The largest absolute Gasteiger partial charge is 0.396 e. The molecule has 2 N–H and O–H groups in total. The van der Waals surface area contributed by atoms with Crippen molar-refractivity contribution in [3.8, 4) is 6.07 Å². The van der Waals surface area contributed by atoms with E-state index in [2.05, 4.69) is 4.72 Å². The summed E-state index contributed by atoms with van der Waals surface area (Å²) in [4.78, 5) is 0.200. The van der Waals surface area contributed by atoms with Gasteiger partial charge in [0.05, 0.1) is 17.4 Å². The lowest BCUT2D eigenvalue weighted by Crippen LogP contribution is -2.43. The van der Waals surface area contributed by atoms with Gasteiger partial charge in [0.2, 0.25) is 10.0 Å². The molecule has 0 heterocycles. The van der Waals surface area contributed by atoms with E-state index in [0.717, 1.165) is 31.2 Å². The Hall–Kier alpha value is -1.42. The summed E-state index contributed by atoms with van der Waals surface area (Å²) in [5.74, 6) is -0.00797. The van der Waals surface area contributed by atoms with Gasteiger partial charge in [-0.2, -0.15) is 5.26 Å². The molecular formula is C15H20N2O3S. The van der Waals surface area contributed by atoms with E-state index < -0.39 is 10.0 Å². The first-order valence-corrected chi connectivity index (χ1v) is 8.64. The standard InChI is InChI=1S/C15H20N2O3S/c16-10-9-12-5-7-14(8-6-12)21(19,20)17-15-4-2-1-3-13(15)11-18/h5-8,13,15,17-18H,1-4,9,11H2. The fourth-order valence-electron chi connectivity index (χ4n) is 2.73. The maximum atomic E-state index is 12.4. The van der Waals surface area contributed by atoms with Gasteiger partial charge >= 0.3 is 0 Å². The first-order valence-electron chi connectivity index (χ1n) is 7.16. The molecule has 0 amide bonds. The molecule has 5 nitrogen and oxygen atoms in total. The number of nitrogens with zero attached hydrogens (tertiary/aromatic N) is 1. The van der Waals surface area contributed by atoms with Gasteiger partial charge in [0.15, 0.2) is 0 Å². The van der Waals surface area contributed by atoms with Gasteiger partial charge < -0.3 is 5.11 Å². The SMILES string of the molecule is N#CCc1ccc(S(=O)(=O)NC2CCCCC2CO)cc1. The van der Waals surface area contributed by atoms with Gasteiger partial charge in [-0.25, -0.2) is 13.1 Å². The lowest BCUT2D eigenvalue weighted by atomic mass is 9.86. The van der Waals surface area contributed by atoms with Crippen LogP contribution in [0.2, 0.25) is 0 Å². The molecule has 0 aliphatic heterocycles. The molecule has 0 bridgehead atoms. The first kappa shape index (κ1) is 16.0. The predicted molar refractivity (Wildman–Crippen MR) is 78.9 cm³/mol. The zero-order chi connectivity index (χ0) is 15.3. The molecule has 1 saturated carbocycles. The number of sulfonamides is 1. The molecule has 114 valence electrons. The summed E-state index contributed by atoms with van der Waals surface area (Å²) in [5.41, 5.74) is 0.794. The van der Waals surface area contributed by atoms with Crippen molar-refractivity contribution in [1.29, 1.82) is 5.26 Å². The number of nitriles is 1. The van der Waals surface area contributed by atoms with Crippen LogP contribution >= 0.6 is 0 Å². The maximum absolute atomic E-state index is 12.4. The number of hydrogen-bond acceptors (Lipinski definition) is 4. The molecular weight excluding hydrogens is 288 g/mol. The Labute approximate surface area is 125 Å². The average molecular weight is 308 g/mol. The van der Waals surface area contributed by atoms with Crippen molar-refractivity contribution in [2.45, 2.75) is 43.0 Å². The zero-order valence-corrected chi connectivity index (χ0v) is 12.6. The second kappa shape index (κ2) is 7.03. The van der Waals surface area contributed by atoms with E-state index in [1.165, 1.54) is 12.1 Å². The van der Waals surface area contributed by atoms with Crippen LogP contribution in [0.3, 0.4) is 0 Å². The molecule has 2 atom stereocenters. The van der Waals surface area contributed by atoms with Gasteiger partial charge in [0.25, 0.3) is 0 Å². The van der Waals surface area contributed by atoms with Crippen molar-refractivity contribution in [3.63, 3.8) is 0 Å². The number of aliphatic hydroxyl groups is 1. The highest BCUT2D eigenvalue weighted by atomic mass is 32.2. The van der Waals surface area contributed by atoms with Crippen LogP contribution in [0.1, 0.15) is 31.2 Å². The minimum atomic E-state index is -3.58. The molecule has 0 saturated heterocycles. The summed E-state index contributed by atoms with van der Waals surface area (Å²) < 4.78 is 27.5. The number of hydrogen-bond donors (Lipinski definition) is 2. The summed E-state index contributed by atoms with van der Waals surface area (Å²) in [7, 11) is -3.58. The van der Waals surface area contributed by atoms with Crippen LogP contribution in [-0.4, -0.2) is 26.2 Å². The van der Waals surface area contributed by atoms with Crippen molar-refractivity contribution in [1.82, 2.24) is 4.72 Å². The summed E-state index contributed by atoms with van der Waals surface area (Å²) in [6.07, 6.45) is 3.89. The van der Waals surface area contributed by atoms with Crippen LogP contribution in [0.25, 0.3) is 0 Å². The monoisotopic (exact) mass is 308 g/mol. The van der Waals surface area contributed by atoms with E-state index in [1.807, 2.05) is 6.07 Å². The number of benzene rings is 1. The molecule has 2 unspecified atom stereocenters. The molecule has 1 aromatic rings. The third-order valence-electron chi connectivity index (χ3n) is 3.97. The first-order chi connectivity index (χ1) is 10.1. The normalized spacial score (nSPS) is 22.7. The van der Waals surface area contributed by atoms with Crippen LogP contribution < -0.4 is 4.72 Å². The fraction of sp³-hybridized carbons (Fsp3) is 0.533. The van der Waals surface area contributed by atoms with Crippen molar-refractivity contribution < 1.29 is 13.5 Å². The van der Waals surface area contributed by atoms with Crippen molar-refractivity contribution in [2.75, 3.05) is 6.61 Å². The molecule has 0 radical (unpaired) electrons. The van der Waals surface area contributed by atoms with Crippen LogP contribution in [0.15, 0.2) is 29.2 Å². The highest BCUT2D eigenvalue weighted by Crippen LogP contribution is 2.25. The van der Waals surface area contributed by atoms with E-state index in [1.54, 1.807) is 12.1 Å². The van der Waals surface area contributed by atoms with E-state index in [0.29, 0.717) is 0 Å². The summed E-state index contributed by atoms with van der Waals surface area (Å²) in [6.45, 7) is 0.00823. The predicted octanol–water partition coefficient (Wildman–Crippen LogP) is 1.58. The fourth-order valence-corrected chi connectivity index (χ4v) is 4.07. The minimum Gasteiger partial charge on any atom is -0.396 e. The molecule has 0 aromatic heterocycles. The highest BCUT2D eigenvalue weighted by molar-refractivity contribution is 7.89. The molecule has 21 heavy (non-hydrogen) atoms. The Kier molecular flexibility index (Phi) is 5.34. The number of nitrogens with one attached hydrogen (secondary N) is 1. The van der Waals surface area contributed by atoms with Gasteiger partial charge in [0, 0.05) is 12.6 Å². The Morgan fingerprint density at radius 3 is 2.52 bits per heavy atom. The van der Waals surface area contributed by atoms with Crippen LogP contribution in [0.5, 0.6) is 0 Å². The average Bonchev–Trinajstić information content (AvgIpc) is 2.48. The van der Waals surface area contributed by atoms with Gasteiger partial charge in [-0.3, -0.25) is 0 Å². The van der Waals surface area contributed by atoms with Gasteiger partial charge in [-0.1, -0.05) is 25.0 Å². The Bertz CT molecular complexity index is 605. The summed E-state index contributed by atoms with van der Waals surface area (Å²) >= 11 is 0. The van der Waals surface area contributed by atoms with Gasteiger partial charge in [-0.05, 0) is 36.5 Å². The quantitative estimate of drug-likeness (QED) is 0.864. The third-order valence-corrected chi connectivity index (χ3v) is 5.47. The minimum absolute atomic E-state index is 0.00797. The lowest BCUT2D eigenvalue weighted by molar-refractivity contribution is 0.164. The molecule has 1 fully saturated rings. The molecule has 1 aliphatic carbocycles. The van der Waals surface area contributed by atoms with E-state index >= 15 is 0 Å². The van der Waals surface area contributed by atoms with Crippen LogP contribution in [-0.2, 0) is 16.4 Å². The second-order valence-electron chi connectivity index (χ2n) is 5.43. The zero-order valence-electron chi connectivity index (χ0n) is 11.8. The Balaban J connectivity index is 2.12. The molecule has 6 heteroatoms. The number of aliphatic hydroxyl groups excluding tert-OH is 1. The summed E-state index contributed by atoms with van der Waals surface area (Å²) in [6, 6.07) is 8.18. The van der Waals surface area contributed by atoms with Crippen molar-refractivity contribution in [2.24, 2.45) is 5.92 Å². The van der Waals surface area contributed by atoms with Crippen molar-refractivity contribution >= 4 is 10.0 Å². The van der Waals surface area contributed by atoms with Crippen molar-refractivity contribution in [3.05, 3.63) is 29.8 Å². The van der Waals surface area contributed by atoms with Crippen LogP contribution in [0, 0.1) is 17.2 Å². The summed E-state index contributed by atoms with van der Waals surface area (Å²) in [5, 5.41) is 18.0. The molecule has 0 spiro atoms. The second-order valence-corrected chi connectivity index (χ2v) is 7.15. The smallest absolute Gasteiger partial charge is 0.240 e. The molecule has 1 aliphatic rings.